The Hall–Kier alpha value is -1.94. The van der Waals surface area contributed by atoms with Gasteiger partial charge in [0.2, 0.25) is 0 Å². The van der Waals surface area contributed by atoms with Crippen molar-refractivity contribution in [2.24, 2.45) is 0 Å². The second-order valence-electron chi connectivity index (χ2n) is 4.63. The predicted molar refractivity (Wildman–Crippen MR) is 79.8 cm³/mol. The number of nitrogens with zero attached hydrogens (tertiary/aromatic N) is 2. The van der Waals surface area contributed by atoms with Gasteiger partial charge in [-0.2, -0.15) is 0 Å². The summed E-state index contributed by atoms with van der Waals surface area (Å²) in [6.07, 6.45) is 3.63. The minimum atomic E-state index is 0.686. The van der Waals surface area contributed by atoms with E-state index in [1.165, 1.54) is 0 Å². The standard InChI is InChI=1S/C16H21N3O/c1-3-9-17-12-14-8-10-18-16(19-14)11-13-6-4-5-7-15(13)20-2/h4-8,10,17H,3,9,11-12H2,1-2H3. The Balaban J connectivity index is 2.07. The molecule has 0 unspecified atom stereocenters. The summed E-state index contributed by atoms with van der Waals surface area (Å²) in [7, 11) is 1.69. The molecular weight excluding hydrogens is 250 g/mol. The van der Waals surface area contributed by atoms with Crippen molar-refractivity contribution in [1.82, 2.24) is 15.3 Å². The summed E-state index contributed by atoms with van der Waals surface area (Å²) in [5, 5.41) is 3.35. The molecule has 0 amide bonds. The lowest BCUT2D eigenvalue weighted by Gasteiger charge is -2.08. The Bertz CT molecular complexity index is 543. The monoisotopic (exact) mass is 271 g/mol. The zero-order valence-corrected chi connectivity index (χ0v) is 12.1. The van der Waals surface area contributed by atoms with Crippen molar-refractivity contribution in [1.29, 1.82) is 0 Å². The smallest absolute Gasteiger partial charge is 0.133 e. The van der Waals surface area contributed by atoms with E-state index in [1.807, 2.05) is 36.5 Å². The first-order chi connectivity index (χ1) is 9.83. The Kier molecular flexibility index (Phi) is 5.50. The van der Waals surface area contributed by atoms with Crippen LogP contribution in [0, 0.1) is 0 Å². The molecule has 20 heavy (non-hydrogen) atoms. The second kappa shape index (κ2) is 7.60. The van der Waals surface area contributed by atoms with E-state index in [1.54, 1.807) is 7.11 Å². The van der Waals surface area contributed by atoms with Crippen molar-refractivity contribution < 1.29 is 4.74 Å². The largest absolute Gasteiger partial charge is 0.496 e. The molecule has 0 radical (unpaired) electrons. The highest BCUT2D eigenvalue weighted by Gasteiger charge is 2.06. The molecule has 0 aliphatic heterocycles. The third-order valence-electron chi connectivity index (χ3n) is 3.04. The Labute approximate surface area is 120 Å². The summed E-state index contributed by atoms with van der Waals surface area (Å²) >= 11 is 0. The summed E-state index contributed by atoms with van der Waals surface area (Å²) in [5.74, 6) is 1.70. The molecule has 0 fully saturated rings. The first-order valence-corrected chi connectivity index (χ1v) is 6.97. The lowest BCUT2D eigenvalue weighted by molar-refractivity contribution is 0.410. The van der Waals surface area contributed by atoms with Crippen LogP contribution >= 0.6 is 0 Å². The van der Waals surface area contributed by atoms with Crippen molar-refractivity contribution in [3.63, 3.8) is 0 Å². The van der Waals surface area contributed by atoms with Gasteiger partial charge in [-0.25, -0.2) is 9.97 Å². The van der Waals surface area contributed by atoms with Gasteiger partial charge in [-0.05, 0) is 25.1 Å². The van der Waals surface area contributed by atoms with Crippen LogP contribution in [0.3, 0.4) is 0 Å². The predicted octanol–water partition coefficient (Wildman–Crippen LogP) is 2.58. The molecule has 0 aliphatic carbocycles. The molecule has 2 rings (SSSR count). The van der Waals surface area contributed by atoms with E-state index >= 15 is 0 Å². The van der Waals surface area contributed by atoms with Crippen molar-refractivity contribution in [3.05, 3.63) is 53.6 Å². The fourth-order valence-electron chi connectivity index (χ4n) is 2.04. The summed E-state index contributed by atoms with van der Waals surface area (Å²) < 4.78 is 5.36. The molecule has 0 bridgehead atoms. The normalized spacial score (nSPS) is 10.5. The van der Waals surface area contributed by atoms with Crippen molar-refractivity contribution in [3.8, 4) is 5.75 Å². The zero-order chi connectivity index (χ0) is 14.2. The fraction of sp³-hybridized carbons (Fsp3) is 0.375. The van der Waals surface area contributed by atoms with Gasteiger partial charge in [0.05, 0.1) is 12.8 Å². The van der Waals surface area contributed by atoms with Crippen LogP contribution in [-0.4, -0.2) is 23.6 Å². The fourth-order valence-corrected chi connectivity index (χ4v) is 2.04. The van der Waals surface area contributed by atoms with E-state index in [4.69, 9.17) is 4.74 Å². The molecule has 2 aromatic rings. The average molecular weight is 271 g/mol. The Morgan fingerprint density at radius 1 is 1.20 bits per heavy atom. The van der Waals surface area contributed by atoms with E-state index in [2.05, 4.69) is 22.2 Å². The van der Waals surface area contributed by atoms with Crippen LogP contribution in [0.4, 0.5) is 0 Å². The van der Waals surface area contributed by atoms with Gasteiger partial charge >= 0.3 is 0 Å². The van der Waals surface area contributed by atoms with Gasteiger partial charge in [-0.3, -0.25) is 0 Å². The quantitative estimate of drug-likeness (QED) is 0.786. The van der Waals surface area contributed by atoms with Gasteiger partial charge in [-0.1, -0.05) is 25.1 Å². The minimum absolute atomic E-state index is 0.686. The summed E-state index contributed by atoms with van der Waals surface area (Å²) in [4.78, 5) is 8.93. The van der Waals surface area contributed by atoms with Crippen molar-refractivity contribution >= 4 is 0 Å². The lowest BCUT2D eigenvalue weighted by Crippen LogP contribution is -2.15. The van der Waals surface area contributed by atoms with Gasteiger partial charge in [-0.15, -0.1) is 0 Å². The number of hydrogen-bond acceptors (Lipinski definition) is 4. The zero-order valence-electron chi connectivity index (χ0n) is 12.1. The third kappa shape index (κ3) is 4.03. The molecule has 0 atom stereocenters. The van der Waals surface area contributed by atoms with E-state index in [0.717, 1.165) is 42.3 Å². The highest BCUT2D eigenvalue weighted by Crippen LogP contribution is 2.19. The van der Waals surface area contributed by atoms with Gasteiger partial charge in [0, 0.05) is 24.7 Å². The molecule has 1 N–H and O–H groups in total. The molecule has 4 heteroatoms. The molecule has 0 saturated heterocycles. The van der Waals surface area contributed by atoms with Gasteiger partial charge in [0.25, 0.3) is 0 Å². The maximum Gasteiger partial charge on any atom is 0.133 e. The highest BCUT2D eigenvalue weighted by molar-refractivity contribution is 5.35. The summed E-state index contributed by atoms with van der Waals surface area (Å²) in [6.45, 7) is 3.95. The van der Waals surface area contributed by atoms with Crippen LogP contribution in [-0.2, 0) is 13.0 Å². The van der Waals surface area contributed by atoms with Gasteiger partial charge in [0.15, 0.2) is 0 Å². The van der Waals surface area contributed by atoms with E-state index in [-0.39, 0.29) is 0 Å². The SMILES string of the molecule is CCCNCc1ccnc(Cc2ccccc2OC)n1. The van der Waals surface area contributed by atoms with E-state index in [0.29, 0.717) is 6.42 Å². The molecule has 0 spiro atoms. The van der Waals surface area contributed by atoms with Crippen molar-refractivity contribution in [2.45, 2.75) is 26.3 Å². The molecule has 0 saturated carbocycles. The molecule has 1 aromatic carbocycles. The maximum atomic E-state index is 5.36. The number of para-hydroxylation sites is 1. The van der Waals surface area contributed by atoms with Crippen LogP contribution in [0.25, 0.3) is 0 Å². The van der Waals surface area contributed by atoms with Crippen LogP contribution < -0.4 is 10.1 Å². The third-order valence-corrected chi connectivity index (χ3v) is 3.04. The Morgan fingerprint density at radius 3 is 2.85 bits per heavy atom. The average Bonchev–Trinajstić information content (AvgIpc) is 2.48. The topological polar surface area (TPSA) is 47.0 Å². The number of aromatic nitrogens is 2. The van der Waals surface area contributed by atoms with Gasteiger partial charge in [0.1, 0.15) is 11.6 Å². The maximum absolute atomic E-state index is 5.36. The van der Waals surface area contributed by atoms with E-state index < -0.39 is 0 Å². The van der Waals surface area contributed by atoms with Gasteiger partial charge < -0.3 is 10.1 Å². The molecule has 0 aliphatic rings. The number of ether oxygens (including phenoxy) is 1. The molecule has 1 aromatic heterocycles. The number of methoxy groups -OCH3 is 1. The molecule has 4 nitrogen and oxygen atoms in total. The summed E-state index contributed by atoms with van der Waals surface area (Å²) in [6, 6.07) is 9.93. The van der Waals surface area contributed by atoms with Crippen LogP contribution in [0.2, 0.25) is 0 Å². The first kappa shape index (κ1) is 14.5. The number of rotatable bonds is 7. The number of hydrogen-bond donors (Lipinski definition) is 1. The second-order valence-corrected chi connectivity index (χ2v) is 4.63. The van der Waals surface area contributed by atoms with Crippen LogP contribution in [0.15, 0.2) is 36.5 Å². The molecule has 1 heterocycles. The van der Waals surface area contributed by atoms with E-state index in [9.17, 15) is 0 Å². The highest BCUT2D eigenvalue weighted by atomic mass is 16.5. The first-order valence-electron chi connectivity index (χ1n) is 6.97. The summed E-state index contributed by atoms with van der Waals surface area (Å²) in [5.41, 5.74) is 2.13. The number of nitrogens with one attached hydrogen (secondary N) is 1. The lowest BCUT2D eigenvalue weighted by atomic mass is 10.1. The number of benzene rings is 1. The van der Waals surface area contributed by atoms with Crippen LogP contribution in [0.1, 0.15) is 30.4 Å². The molecule has 106 valence electrons. The van der Waals surface area contributed by atoms with Crippen LogP contribution in [0.5, 0.6) is 5.75 Å². The van der Waals surface area contributed by atoms with Crippen molar-refractivity contribution in [2.75, 3.05) is 13.7 Å². The molecular formula is C16H21N3O. The Morgan fingerprint density at radius 2 is 2.05 bits per heavy atom. The minimum Gasteiger partial charge on any atom is -0.496 e.